The zero-order chi connectivity index (χ0) is 25.3. The van der Waals surface area contributed by atoms with E-state index in [2.05, 4.69) is 0 Å². The fourth-order valence-electron chi connectivity index (χ4n) is 4.16. The lowest BCUT2D eigenvalue weighted by molar-refractivity contribution is -0.386. The van der Waals surface area contributed by atoms with Gasteiger partial charge in [0.25, 0.3) is 0 Å². The maximum atomic E-state index is 10.7. The summed E-state index contributed by atoms with van der Waals surface area (Å²) in [5, 5.41) is 91.1. The van der Waals surface area contributed by atoms with Crippen molar-refractivity contribution in [3.8, 4) is 0 Å². The van der Waals surface area contributed by atoms with Gasteiger partial charge in [0, 0.05) is 7.11 Å². The molecule has 0 amide bonds. The van der Waals surface area contributed by atoms with E-state index in [1.165, 1.54) is 14.0 Å². The maximum Gasteiger partial charge on any atom is 0.187 e. The Morgan fingerprint density at radius 2 is 1.09 bits per heavy atom. The molecule has 3 aliphatic rings. The van der Waals surface area contributed by atoms with Gasteiger partial charge >= 0.3 is 0 Å². The molecular formula is C19H34O15. The van der Waals surface area contributed by atoms with Crippen LogP contribution in [-0.2, 0) is 28.4 Å². The smallest absolute Gasteiger partial charge is 0.187 e. The molecule has 0 bridgehead atoms. The van der Waals surface area contributed by atoms with Crippen molar-refractivity contribution < 1.29 is 74.4 Å². The molecule has 200 valence electrons. The molecule has 0 saturated carbocycles. The second-order valence-electron chi connectivity index (χ2n) is 8.53. The normalized spacial score (nSPS) is 52.5. The van der Waals surface area contributed by atoms with Crippen LogP contribution in [0.5, 0.6) is 0 Å². The van der Waals surface area contributed by atoms with E-state index in [9.17, 15) is 46.0 Å². The van der Waals surface area contributed by atoms with E-state index in [1.807, 2.05) is 0 Å². The zero-order valence-corrected chi connectivity index (χ0v) is 18.5. The van der Waals surface area contributed by atoms with E-state index < -0.39 is 105 Å². The number of aliphatic hydroxyl groups is 9. The predicted octanol–water partition coefficient (Wildman–Crippen LogP) is -5.89. The Labute approximate surface area is 194 Å². The topological polar surface area (TPSA) is 237 Å². The van der Waals surface area contributed by atoms with Crippen LogP contribution in [0.4, 0.5) is 0 Å². The molecule has 0 aromatic heterocycles. The molecule has 15 heteroatoms. The largest absolute Gasteiger partial charge is 0.394 e. The highest BCUT2D eigenvalue weighted by atomic mass is 16.8. The molecule has 0 aromatic rings. The lowest BCUT2D eigenvalue weighted by atomic mass is 9.96. The molecule has 9 N–H and O–H groups in total. The van der Waals surface area contributed by atoms with Crippen molar-refractivity contribution in [3.63, 3.8) is 0 Å². The van der Waals surface area contributed by atoms with Crippen LogP contribution in [0.15, 0.2) is 0 Å². The summed E-state index contributed by atoms with van der Waals surface area (Å²) in [5.41, 5.74) is 0. The summed E-state index contributed by atoms with van der Waals surface area (Å²) in [7, 11) is 1.22. The Hall–Kier alpha value is -0.600. The van der Waals surface area contributed by atoms with Gasteiger partial charge < -0.3 is 74.4 Å². The van der Waals surface area contributed by atoms with Crippen LogP contribution in [-0.4, -0.2) is 158 Å². The van der Waals surface area contributed by atoms with Gasteiger partial charge in [-0.2, -0.15) is 0 Å². The van der Waals surface area contributed by atoms with Gasteiger partial charge in [0.05, 0.1) is 19.3 Å². The second kappa shape index (κ2) is 11.6. The second-order valence-corrected chi connectivity index (χ2v) is 8.53. The van der Waals surface area contributed by atoms with E-state index in [0.29, 0.717) is 0 Å². The van der Waals surface area contributed by atoms with Gasteiger partial charge in [-0.25, -0.2) is 0 Å². The van der Waals surface area contributed by atoms with Gasteiger partial charge in [0.2, 0.25) is 0 Å². The van der Waals surface area contributed by atoms with Gasteiger partial charge in [-0.05, 0) is 6.92 Å². The average molecular weight is 502 g/mol. The van der Waals surface area contributed by atoms with Gasteiger partial charge in [-0.3, -0.25) is 0 Å². The van der Waals surface area contributed by atoms with Gasteiger partial charge in [-0.1, -0.05) is 0 Å². The van der Waals surface area contributed by atoms with Gasteiger partial charge in [-0.15, -0.1) is 0 Å². The molecule has 34 heavy (non-hydrogen) atoms. The highest BCUT2D eigenvalue weighted by Crippen LogP contribution is 2.32. The van der Waals surface area contributed by atoms with Crippen LogP contribution in [0.25, 0.3) is 0 Å². The summed E-state index contributed by atoms with van der Waals surface area (Å²) in [5.74, 6) is 0. The fourth-order valence-corrected chi connectivity index (χ4v) is 4.16. The summed E-state index contributed by atoms with van der Waals surface area (Å²) >= 11 is 0. The van der Waals surface area contributed by atoms with Crippen molar-refractivity contribution in [2.75, 3.05) is 20.3 Å². The third kappa shape index (κ3) is 5.39. The van der Waals surface area contributed by atoms with E-state index >= 15 is 0 Å². The Balaban J connectivity index is 1.83. The quantitative estimate of drug-likeness (QED) is 0.157. The van der Waals surface area contributed by atoms with Crippen LogP contribution in [0.2, 0.25) is 0 Å². The molecule has 0 unspecified atom stereocenters. The van der Waals surface area contributed by atoms with Crippen LogP contribution < -0.4 is 0 Å². The highest BCUT2D eigenvalue weighted by molar-refractivity contribution is 4.96. The van der Waals surface area contributed by atoms with E-state index in [-0.39, 0.29) is 0 Å². The first-order chi connectivity index (χ1) is 16.0. The van der Waals surface area contributed by atoms with Crippen LogP contribution in [0.3, 0.4) is 0 Å². The van der Waals surface area contributed by atoms with Crippen molar-refractivity contribution in [1.29, 1.82) is 0 Å². The standard InChI is InChI=1S/C19H34O15/c1-5-8(22)10(24)13(27)18(30-5)34-16-11(25)9(23)6(3-20)31-19(16)33-15-7(4-21)32-17(29-2)14(28)12(15)26/h5-28H,3-4H2,1-2H3/t5-,6+,7+,8+,9-,10+,11-,12+,13-,14+,15+,16+,17+,18-,19-/m0/s1. The van der Waals surface area contributed by atoms with Crippen molar-refractivity contribution in [2.45, 2.75) is 99.0 Å². The van der Waals surface area contributed by atoms with E-state index in [0.717, 1.165) is 0 Å². The fraction of sp³-hybridized carbons (Fsp3) is 1.00. The van der Waals surface area contributed by atoms with Crippen LogP contribution >= 0.6 is 0 Å². The minimum Gasteiger partial charge on any atom is -0.394 e. The molecule has 3 heterocycles. The minimum atomic E-state index is -1.78. The Bertz CT molecular complexity index is 639. The third-order valence-corrected chi connectivity index (χ3v) is 6.27. The number of methoxy groups -OCH3 is 1. The summed E-state index contributed by atoms with van der Waals surface area (Å²) in [6.07, 6.45) is -22.7. The zero-order valence-electron chi connectivity index (χ0n) is 18.5. The molecule has 0 aromatic carbocycles. The number of ether oxygens (including phenoxy) is 6. The first-order valence-corrected chi connectivity index (χ1v) is 10.8. The minimum absolute atomic E-state index is 0.673. The van der Waals surface area contributed by atoms with Crippen molar-refractivity contribution in [1.82, 2.24) is 0 Å². The van der Waals surface area contributed by atoms with E-state index in [4.69, 9.17) is 28.4 Å². The summed E-state index contributed by atoms with van der Waals surface area (Å²) in [6, 6.07) is 0. The number of aliphatic hydroxyl groups excluding tert-OH is 9. The van der Waals surface area contributed by atoms with Crippen LogP contribution in [0, 0.1) is 0 Å². The van der Waals surface area contributed by atoms with Crippen molar-refractivity contribution in [3.05, 3.63) is 0 Å². The summed E-state index contributed by atoms with van der Waals surface area (Å²) in [6.45, 7) is -0.00620. The third-order valence-electron chi connectivity index (χ3n) is 6.27. The molecule has 0 aliphatic carbocycles. The number of rotatable bonds is 7. The SMILES string of the molecule is CO[C@@H]1O[C@H](CO)[C@@H](O[C@@H]2O[C@H](CO)[C@H](O)[C@H](O)[C@H]2O[C@@H]2O[C@@H](C)[C@@H](O)[C@@H](O)[C@@H]2O)[C@H](O)[C@H]1O. The summed E-state index contributed by atoms with van der Waals surface area (Å²) in [4.78, 5) is 0. The molecular weight excluding hydrogens is 468 g/mol. The lowest BCUT2D eigenvalue weighted by Crippen LogP contribution is -2.66. The summed E-state index contributed by atoms with van der Waals surface area (Å²) < 4.78 is 32.4. The molecule has 0 spiro atoms. The van der Waals surface area contributed by atoms with E-state index in [1.54, 1.807) is 0 Å². The Morgan fingerprint density at radius 3 is 1.68 bits per heavy atom. The Kier molecular flexibility index (Phi) is 9.57. The Morgan fingerprint density at radius 1 is 0.559 bits per heavy atom. The molecule has 3 saturated heterocycles. The number of hydrogen-bond donors (Lipinski definition) is 9. The van der Waals surface area contributed by atoms with Gasteiger partial charge in [0.15, 0.2) is 18.9 Å². The predicted molar refractivity (Wildman–Crippen MR) is 105 cm³/mol. The highest BCUT2D eigenvalue weighted by Gasteiger charge is 2.53. The molecule has 15 atom stereocenters. The van der Waals surface area contributed by atoms with Gasteiger partial charge in [0.1, 0.15) is 67.1 Å². The monoisotopic (exact) mass is 502 g/mol. The number of hydrogen-bond acceptors (Lipinski definition) is 15. The van der Waals surface area contributed by atoms with Crippen molar-refractivity contribution in [2.24, 2.45) is 0 Å². The molecule has 3 aliphatic heterocycles. The molecule has 3 rings (SSSR count). The van der Waals surface area contributed by atoms with Crippen LogP contribution in [0.1, 0.15) is 6.92 Å². The molecule has 3 fully saturated rings. The maximum absolute atomic E-state index is 10.7. The first kappa shape index (κ1) is 28.0. The average Bonchev–Trinajstić information content (AvgIpc) is 2.83. The molecule has 0 radical (unpaired) electrons. The first-order valence-electron chi connectivity index (χ1n) is 10.8. The van der Waals surface area contributed by atoms with Crippen molar-refractivity contribution >= 4 is 0 Å². The lowest BCUT2D eigenvalue weighted by Gasteiger charge is -2.48. The molecule has 15 nitrogen and oxygen atoms in total.